The average molecular weight is 283 g/mol. The molecule has 0 aliphatic carbocycles. The minimum Gasteiger partial charge on any atom is -0.305 e. The maximum Gasteiger partial charge on any atom is 0.163 e. The summed E-state index contributed by atoms with van der Waals surface area (Å²) in [6.07, 6.45) is 1.57. The summed E-state index contributed by atoms with van der Waals surface area (Å²) in [6.45, 7) is 2.45. The zero-order valence-electron chi connectivity index (χ0n) is 10.3. The Morgan fingerprint density at radius 3 is 2.74 bits per heavy atom. The largest absolute Gasteiger partial charge is 0.305 e. The molecule has 0 spiro atoms. The molecule has 0 bridgehead atoms. The Bertz CT molecular complexity index is 575. The van der Waals surface area contributed by atoms with Crippen LogP contribution in [-0.4, -0.2) is 11.5 Å². The van der Waals surface area contributed by atoms with Crippen LogP contribution in [0, 0.1) is 11.6 Å². The summed E-state index contributed by atoms with van der Waals surface area (Å²) < 4.78 is 27.2. The number of aromatic nitrogens is 1. The fraction of sp³-hybridized carbons (Fsp3) is 0.214. The summed E-state index contributed by atoms with van der Waals surface area (Å²) in [5, 5.41) is 3.48. The summed E-state index contributed by atoms with van der Waals surface area (Å²) in [4.78, 5) is 4.16. The number of benzene rings is 1. The lowest BCUT2D eigenvalue weighted by Crippen LogP contribution is -2.24. The molecule has 1 unspecified atom stereocenters. The molecular weight excluding hydrogens is 270 g/mol. The Labute approximate surface area is 115 Å². The van der Waals surface area contributed by atoms with Gasteiger partial charge >= 0.3 is 0 Å². The van der Waals surface area contributed by atoms with Crippen LogP contribution < -0.4 is 5.32 Å². The highest BCUT2D eigenvalue weighted by Crippen LogP contribution is 2.28. The Morgan fingerprint density at radius 1 is 1.26 bits per heavy atom. The van der Waals surface area contributed by atoms with Crippen molar-refractivity contribution in [2.24, 2.45) is 0 Å². The molecule has 1 aromatic heterocycles. The van der Waals surface area contributed by atoms with E-state index < -0.39 is 17.7 Å². The molecule has 1 heterocycles. The lowest BCUT2D eigenvalue weighted by atomic mass is 10.0. The van der Waals surface area contributed by atoms with E-state index in [0.29, 0.717) is 17.3 Å². The molecule has 0 amide bonds. The van der Waals surface area contributed by atoms with Crippen molar-refractivity contribution in [1.82, 2.24) is 10.3 Å². The van der Waals surface area contributed by atoms with Crippen LogP contribution in [0.15, 0.2) is 36.5 Å². The summed E-state index contributed by atoms with van der Waals surface area (Å²) in [7, 11) is 0. The van der Waals surface area contributed by atoms with E-state index >= 15 is 0 Å². The highest BCUT2D eigenvalue weighted by Gasteiger charge is 2.22. The molecule has 2 nitrogen and oxygen atoms in total. The van der Waals surface area contributed by atoms with E-state index in [1.165, 1.54) is 12.1 Å². The second kappa shape index (κ2) is 6.08. The maximum atomic E-state index is 13.9. The van der Waals surface area contributed by atoms with E-state index in [1.54, 1.807) is 18.3 Å². The first-order valence-corrected chi connectivity index (χ1v) is 6.30. The molecule has 0 saturated heterocycles. The Kier molecular flexibility index (Phi) is 4.45. The molecule has 0 fully saturated rings. The molecule has 2 aromatic rings. The van der Waals surface area contributed by atoms with E-state index in [2.05, 4.69) is 10.3 Å². The number of nitrogens with zero attached hydrogens (tertiary/aromatic N) is 1. The number of halogens is 3. The van der Waals surface area contributed by atoms with Gasteiger partial charge in [-0.1, -0.05) is 30.7 Å². The van der Waals surface area contributed by atoms with E-state index in [0.717, 1.165) is 6.07 Å². The van der Waals surface area contributed by atoms with Gasteiger partial charge in [-0.15, -0.1) is 0 Å². The van der Waals surface area contributed by atoms with Gasteiger partial charge in [0, 0.05) is 11.8 Å². The Hall–Kier alpha value is -1.52. The van der Waals surface area contributed by atoms with Crippen LogP contribution in [0.5, 0.6) is 0 Å². The Balaban J connectivity index is 2.52. The average Bonchev–Trinajstić information content (AvgIpc) is 2.41. The smallest absolute Gasteiger partial charge is 0.163 e. The number of hydrogen-bond donors (Lipinski definition) is 1. The van der Waals surface area contributed by atoms with Crippen LogP contribution in [0.2, 0.25) is 5.02 Å². The molecule has 0 aliphatic rings. The van der Waals surface area contributed by atoms with Crippen LogP contribution in [0.3, 0.4) is 0 Å². The summed E-state index contributed by atoms with van der Waals surface area (Å²) >= 11 is 6.08. The van der Waals surface area contributed by atoms with Gasteiger partial charge in [0.1, 0.15) is 0 Å². The zero-order valence-corrected chi connectivity index (χ0v) is 11.1. The standard InChI is InChI=1S/C14H13ClF2N2/c1-2-18-13(14-10(15)6-4-8-19-14)9-5-3-7-11(16)12(9)17/h3-8,13,18H,2H2,1H3. The minimum atomic E-state index is -0.882. The van der Waals surface area contributed by atoms with Crippen molar-refractivity contribution < 1.29 is 8.78 Å². The van der Waals surface area contributed by atoms with Crippen molar-refractivity contribution in [2.45, 2.75) is 13.0 Å². The number of hydrogen-bond acceptors (Lipinski definition) is 2. The van der Waals surface area contributed by atoms with Gasteiger partial charge in [0.05, 0.1) is 16.8 Å². The van der Waals surface area contributed by atoms with Crippen LogP contribution >= 0.6 is 11.6 Å². The molecule has 0 radical (unpaired) electrons. The van der Waals surface area contributed by atoms with E-state index in [9.17, 15) is 8.78 Å². The number of nitrogens with one attached hydrogen (secondary N) is 1. The lowest BCUT2D eigenvalue weighted by Gasteiger charge is -2.19. The molecule has 100 valence electrons. The summed E-state index contributed by atoms with van der Waals surface area (Å²) in [5.74, 6) is -1.76. The molecule has 0 aliphatic heterocycles. The predicted octanol–water partition coefficient (Wildman–Crippen LogP) is 3.71. The van der Waals surface area contributed by atoms with Gasteiger partial charge in [-0.2, -0.15) is 0 Å². The van der Waals surface area contributed by atoms with Crippen molar-refractivity contribution in [1.29, 1.82) is 0 Å². The molecular formula is C14H13ClF2N2. The van der Waals surface area contributed by atoms with Gasteiger partial charge in [-0.05, 0) is 24.7 Å². The van der Waals surface area contributed by atoms with Crippen molar-refractivity contribution in [3.8, 4) is 0 Å². The zero-order chi connectivity index (χ0) is 13.8. The van der Waals surface area contributed by atoms with Crippen molar-refractivity contribution in [3.05, 3.63) is 64.4 Å². The van der Waals surface area contributed by atoms with Crippen LogP contribution in [0.25, 0.3) is 0 Å². The van der Waals surface area contributed by atoms with Crippen LogP contribution in [0.1, 0.15) is 24.2 Å². The van der Waals surface area contributed by atoms with Gasteiger partial charge in [0.2, 0.25) is 0 Å². The second-order valence-electron chi connectivity index (χ2n) is 4.00. The van der Waals surface area contributed by atoms with Gasteiger partial charge in [-0.3, -0.25) is 4.98 Å². The normalized spacial score (nSPS) is 12.4. The predicted molar refractivity (Wildman–Crippen MR) is 71.1 cm³/mol. The first kappa shape index (κ1) is 13.9. The molecule has 0 saturated carbocycles. The molecule has 1 N–H and O–H groups in total. The first-order valence-electron chi connectivity index (χ1n) is 5.92. The van der Waals surface area contributed by atoms with E-state index in [1.807, 2.05) is 6.92 Å². The lowest BCUT2D eigenvalue weighted by molar-refractivity contribution is 0.481. The van der Waals surface area contributed by atoms with Crippen molar-refractivity contribution in [2.75, 3.05) is 6.54 Å². The third-order valence-electron chi connectivity index (χ3n) is 2.76. The summed E-state index contributed by atoms with van der Waals surface area (Å²) in [5.41, 5.74) is 0.679. The van der Waals surface area contributed by atoms with Gasteiger partial charge in [-0.25, -0.2) is 8.78 Å². The van der Waals surface area contributed by atoms with Crippen molar-refractivity contribution >= 4 is 11.6 Å². The monoisotopic (exact) mass is 282 g/mol. The summed E-state index contributed by atoms with van der Waals surface area (Å²) in [6, 6.07) is 6.87. The van der Waals surface area contributed by atoms with E-state index in [-0.39, 0.29) is 5.56 Å². The molecule has 5 heteroatoms. The Morgan fingerprint density at radius 2 is 2.05 bits per heavy atom. The third kappa shape index (κ3) is 2.91. The fourth-order valence-electron chi connectivity index (χ4n) is 1.91. The minimum absolute atomic E-state index is 0.197. The maximum absolute atomic E-state index is 13.9. The van der Waals surface area contributed by atoms with Gasteiger partial charge in [0.25, 0.3) is 0 Å². The number of pyridine rings is 1. The number of rotatable bonds is 4. The fourth-order valence-corrected chi connectivity index (χ4v) is 2.14. The molecule has 2 rings (SSSR count). The quantitative estimate of drug-likeness (QED) is 0.925. The van der Waals surface area contributed by atoms with Crippen LogP contribution in [0.4, 0.5) is 8.78 Å². The van der Waals surface area contributed by atoms with E-state index in [4.69, 9.17) is 11.6 Å². The molecule has 1 aromatic carbocycles. The molecule has 1 atom stereocenters. The highest BCUT2D eigenvalue weighted by molar-refractivity contribution is 6.31. The second-order valence-corrected chi connectivity index (χ2v) is 4.41. The SMILES string of the molecule is CCNC(c1cccc(F)c1F)c1ncccc1Cl. The van der Waals surface area contributed by atoms with Crippen LogP contribution in [-0.2, 0) is 0 Å². The van der Waals surface area contributed by atoms with Gasteiger partial charge in [0.15, 0.2) is 11.6 Å². The molecule has 19 heavy (non-hydrogen) atoms. The van der Waals surface area contributed by atoms with Crippen molar-refractivity contribution in [3.63, 3.8) is 0 Å². The third-order valence-corrected chi connectivity index (χ3v) is 3.08. The first-order chi connectivity index (χ1) is 9.15. The highest BCUT2D eigenvalue weighted by atomic mass is 35.5. The topological polar surface area (TPSA) is 24.9 Å². The van der Waals surface area contributed by atoms with Gasteiger partial charge < -0.3 is 5.32 Å².